The lowest BCUT2D eigenvalue weighted by Crippen LogP contribution is -2.59. The summed E-state index contributed by atoms with van der Waals surface area (Å²) in [5.41, 5.74) is 0.495. The van der Waals surface area contributed by atoms with E-state index in [9.17, 15) is 23.7 Å². The summed E-state index contributed by atoms with van der Waals surface area (Å²) in [6, 6.07) is 0. The topological polar surface area (TPSA) is 134 Å². The van der Waals surface area contributed by atoms with Crippen LogP contribution in [0.3, 0.4) is 0 Å². The van der Waals surface area contributed by atoms with Crippen molar-refractivity contribution in [2.75, 3.05) is 6.61 Å². The molecule has 1 aliphatic carbocycles. The molecule has 1 saturated heterocycles. The Labute approximate surface area is 115 Å². The van der Waals surface area contributed by atoms with Crippen LogP contribution in [0.15, 0.2) is 22.6 Å². The zero-order valence-electron chi connectivity index (χ0n) is 10.6. The molecule has 0 spiro atoms. The molecule has 5 atom stereocenters. The molecule has 0 aromatic rings. The number of rotatable bonds is 4. The zero-order valence-corrected chi connectivity index (χ0v) is 11.4. The maximum absolute atomic E-state index is 11.9. The van der Waals surface area contributed by atoms with Crippen molar-refractivity contribution in [3.05, 3.63) is 22.6 Å². The second-order valence-corrected chi connectivity index (χ2v) is 6.17. The van der Waals surface area contributed by atoms with E-state index in [1.807, 2.05) is 0 Å². The lowest BCUT2D eigenvalue weighted by atomic mass is 10.00. The van der Waals surface area contributed by atoms with E-state index < -0.39 is 47.4 Å². The first kappa shape index (κ1) is 15.6. The van der Waals surface area contributed by atoms with Crippen LogP contribution in [0.5, 0.6) is 0 Å². The van der Waals surface area contributed by atoms with E-state index >= 15 is 0 Å². The van der Waals surface area contributed by atoms with Crippen molar-refractivity contribution in [3.8, 4) is 0 Å². The van der Waals surface area contributed by atoms with Crippen LogP contribution in [0.2, 0.25) is 0 Å². The van der Waals surface area contributed by atoms with Gasteiger partial charge in [-0.1, -0.05) is 6.08 Å². The van der Waals surface area contributed by atoms with Gasteiger partial charge in [-0.15, -0.1) is 0 Å². The standard InChI is InChI=1S/C11H16O8S/c1-5-2-3-7(5)20(16,17)19-11-10(15)9(14)8(13)6(4-12)18-11/h2-3,6,8-15H,4H2,1H3/t6-,8+,9+,10-,11-/m1/s1. The molecule has 4 N–H and O–H groups in total. The molecule has 0 aromatic heterocycles. The second-order valence-electron chi connectivity index (χ2n) is 4.63. The van der Waals surface area contributed by atoms with Crippen LogP contribution in [0.25, 0.3) is 0 Å². The fourth-order valence-electron chi connectivity index (χ4n) is 1.92. The minimum Gasteiger partial charge on any atom is -0.394 e. The van der Waals surface area contributed by atoms with Crippen LogP contribution >= 0.6 is 0 Å². The third kappa shape index (κ3) is 2.66. The molecule has 1 fully saturated rings. The number of hydrogen-bond acceptors (Lipinski definition) is 8. The molecule has 2 rings (SSSR count). The molecule has 114 valence electrons. The summed E-state index contributed by atoms with van der Waals surface area (Å²) in [4.78, 5) is -0.0468. The van der Waals surface area contributed by atoms with Gasteiger partial charge >= 0.3 is 0 Å². The molecule has 0 saturated carbocycles. The Morgan fingerprint density at radius 3 is 2.30 bits per heavy atom. The van der Waals surface area contributed by atoms with Gasteiger partial charge in [0.15, 0.2) is 0 Å². The normalized spacial score (nSPS) is 38.0. The number of aliphatic hydroxyl groups excluding tert-OH is 4. The van der Waals surface area contributed by atoms with Crippen molar-refractivity contribution in [2.24, 2.45) is 0 Å². The van der Waals surface area contributed by atoms with Gasteiger partial charge in [0.05, 0.1) is 11.5 Å². The van der Waals surface area contributed by atoms with Gasteiger partial charge in [0.2, 0.25) is 6.29 Å². The monoisotopic (exact) mass is 308 g/mol. The van der Waals surface area contributed by atoms with Crippen LogP contribution in [0.4, 0.5) is 0 Å². The zero-order chi connectivity index (χ0) is 15.1. The van der Waals surface area contributed by atoms with Crippen LogP contribution in [0, 0.1) is 0 Å². The van der Waals surface area contributed by atoms with E-state index in [0.29, 0.717) is 5.57 Å². The highest BCUT2D eigenvalue weighted by molar-refractivity contribution is 7.91. The summed E-state index contributed by atoms with van der Waals surface area (Å²) >= 11 is 0. The Bertz CT molecular complexity index is 535. The fourth-order valence-corrected chi connectivity index (χ4v) is 3.13. The van der Waals surface area contributed by atoms with E-state index in [1.165, 1.54) is 6.08 Å². The van der Waals surface area contributed by atoms with Gasteiger partial charge in [-0.2, -0.15) is 8.42 Å². The average Bonchev–Trinajstić information content (AvgIpc) is 2.36. The molecule has 1 aliphatic heterocycles. The van der Waals surface area contributed by atoms with Crippen LogP contribution in [-0.2, 0) is 19.0 Å². The Balaban J connectivity index is 2.14. The van der Waals surface area contributed by atoms with E-state index in [-0.39, 0.29) is 4.91 Å². The van der Waals surface area contributed by atoms with Crippen molar-refractivity contribution < 1.29 is 37.8 Å². The smallest absolute Gasteiger partial charge is 0.299 e. The Kier molecular flexibility index (Phi) is 4.30. The number of hydrogen-bond donors (Lipinski definition) is 4. The van der Waals surface area contributed by atoms with Gasteiger partial charge in [-0.25, -0.2) is 4.18 Å². The largest absolute Gasteiger partial charge is 0.394 e. The van der Waals surface area contributed by atoms with Crippen LogP contribution in [-0.4, -0.2) is 66.2 Å². The van der Waals surface area contributed by atoms with Crippen molar-refractivity contribution >= 4 is 10.1 Å². The number of allylic oxidation sites excluding steroid dienone is 3. The van der Waals surface area contributed by atoms with Crippen LogP contribution < -0.4 is 0 Å². The van der Waals surface area contributed by atoms with Crippen molar-refractivity contribution in [3.63, 3.8) is 0 Å². The highest BCUT2D eigenvalue weighted by Crippen LogP contribution is 2.29. The van der Waals surface area contributed by atoms with Crippen molar-refractivity contribution in [1.82, 2.24) is 0 Å². The summed E-state index contributed by atoms with van der Waals surface area (Å²) in [7, 11) is -4.14. The molecule has 0 aromatic carbocycles. The lowest BCUT2D eigenvalue weighted by molar-refractivity contribution is -0.276. The first-order valence-electron chi connectivity index (χ1n) is 5.90. The van der Waals surface area contributed by atoms with Gasteiger partial charge in [0.25, 0.3) is 10.1 Å². The molecule has 0 unspecified atom stereocenters. The van der Waals surface area contributed by atoms with Gasteiger partial charge in [0, 0.05) is 0 Å². The Morgan fingerprint density at radius 1 is 1.20 bits per heavy atom. The molecular weight excluding hydrogens is 292 g/mol. The molecule has 0 bridgehead atoms. The first-order chi connectivity index (χ1) is 9.27. The Morgan fingerprint density at radius 2 is 1.85 bits per heavy atom. The van der Waals surface area contributed by atoms with Gasteiger partial charge in [0.1, 0.15) is 24.4 Å². The summed E-state index contributed by atoms with van der Waals surface area (Å²) in [6.07, 6.45) is -5.04. The molecule has 20 heavy (non-hydrogen) atoms. The number of ether oxygens (including phenoxy) is 1. The minimum absolute atomic E-state index is 0.0468. The van der Waals surface area contributed by atoms with Crippen LogP contribution in [0.1, 0.15) is 6.92 Å². The number of aliphatic hydroxyl groups is 4. The van der Waals surface area contributed by atoms with E-state index in [2.05, 4.69) is 0 Å². The van der Waals surface area contributed by atoms with E-state index in [4.69, 9.17) is 14.0 Å². The van der Waals surface area contributed by atoms with E-state index in [1.54, 1.807) is 13.0 Å². The molecular formula is C11H16O8S. The first-order valence-corrected chi connectivity index (χ1v) is 7.31. The van der Waals surface area contributed by atoms with Crippen molar-refractivity contribution in [1.29, 1.82) is 0 Å². The second kappa shape index (κ2) is 5.53. The molecule has 2 aliphatic rings. The van der Waals surface area contributed by atoms with Crippen molar-refractivity contribution in [2.45, 2.75) is 37.6 Å². The third-order valence-electron chi connectivity index (χ3n) is 3.21. The average molecular weight is 308 g/mol. The fraction of sp³-hybridized carbons (Fsp3) is 0.636. The molecule has 9 heteroatoms. The quantitative estimate of drug-likeness (QED) is 0.437. The molecule has 0 radical (unpaired) electrons. The molecule has 0 amide bonds. The predicted molar refractivity (Wildman–Crippen MR) is 65.6 cm³/mol. The summed E-state index contributed by atoms with van der Waals surface area (Å²) < 4.78 is 33.5. The van der Waals surface area contributed by atoms with Gasteiger partial charge < -0.3 is 25.2 Å². The predicted octanol–water partition coefficient (Wildman–Crippen LogP) is -2.02. The minimum atomic E-state index is -4.14. The summed E-state index contributed by atoms with van der Waals surface area (Å²) in [5.74, 6) is 0. The molecule has 8 nitrogen and oxygen atoms in total. The summed E-state index contributed by atoms with van der Waals surface area (Å²) in [5, 5.41) is 37.8. The van der Waals surface area contributed by atoms with E-state index in [0.717, 1.165) is 0 Å². The van der Waals surface area contributed by atoms with Gasteiger partial charge in [-0.05, 0) is 18.6 Å². The SMILES string of the molecule is CC1=C(S(=O)(=O)O[C@H]2O[C@H](CO)[C@H](O)[C@H](O)[C@H]2O)C=C1. The molecule has 1 heterocycles. The Hall–Kier alpha value is -0.810. The highest BCUT2D eigenvalue weighted by atomic mass is 32.2. The maximum Gasteiger partial charge on any atom is 0.299 e. The third-order valence-corrected chi connectivity index (χ3v) is 4.65. The lowest BCUT2D eigenvalue weighted by Gasteiger charge is -2.39. The maximum atomic E-state index is 11.9. The summed E-state index contributed by atoms with van der Waals surface area (Å²) in [6.45, 7) is 0.913. The highest BCUT2D eigenvalue weighted by Gasteiger charge is 2.46. The van der Waals surface area contributed by atoms with Gasteiger partial charge in [-0.3, -0.25) is 0 Å².